The number of nitrogens with one attached hydrogen (secondary N) is 1. The highest BCUT2D eigenvalue weighted by atomic mass is 19.3. The van der Waals surface area contributed by atoms with Gasteiger partial charge in [-0.3, -0.25) is 0 Å². The van der Waals surface area contributed by atoms with Crippen LogP contribution in [0.2, 0.25) is 0 Å². The zero-order chi connectivity index (χ0) is 7.95. The fraction of sp³-hybridized carbons (Fsp3) is 1.00. The van der Waals surface area contributed by atoms with E-state index in [4.69, 9.17) is 0 Å². The van der Waals surface area contributed by atoms with E-state index in [1.165, 1.54) is 0 Å². The van der Waals surface area contributed by atoms with Gasteiger partial charge in [-0.2, -0.15) is 0 Å². The van der Waals surface area contributed by atoms with Crippen molar-refractivity contribution in [3.8, 4) is 0 Å². The van der Waals surface area contributed by atoms with Gasteiger partial charge in [0, 0.05) is 19.5 Å². The van der Waals surface area contributed by atoms with E-state index in [0.29, 0.717) is 25.9 Å². The molecular weight excluding hydrogens is 148 g/mol. The van der Waals surface area contributed by atoms with Crippen LogP contribution >= 0.6 is 0 Å². The summed E-state index contributed by atoms with van der Waals surface area (Å²) >= 11 is 0. The van der Waals surface area contributed by atoms with Crippen LogP contribution in [-0.2, 0) is 0 Å². The smallest absolute Gasteiger partial charge is 0.256 e. The molecule has 0 unspecified atom stereocenters. The van der Waals surface area contributed by atoms with Crippen molar-refractivity contribution >= 4 is 0 Å². The molecule has 3 heteroatoms. The largest absolute Gasteiger partial charge is 0.315 e. The third-order valence-corrected chi connectivity index (χ3v) is 3.10. The van der Waals surface area contributed by atoms with Crippen molar-refractivity contribution in [1.29, 1.82) is 0 Å². The Labute approximate surface area is 65.2 Å². The second kappa shape index (κ2) is 2.16. The van der Waals surface area contributed by atoms with E-state index in [1.54, 1.807) is 0 Å². The molecule has 0 amide bonds. The molecular formula is C8H13F2N. The monoisotopic (exact) mass is 161 g/mol. The summed E-state index contributed by atoms with van der Waals surface area (Å²) in [7, 11) is 0. The molecule has 64 valence electrons. The minimum Gasteiger partial charge on any atom is -0.315 e. The van der Waals surface area contributed by atoms with E-state index >= 15 is 0 Å². The molecule has 1 aliphatic heterocycles. The molecule has 0 aromatic rings. The fourth-order valence-corrected chi connectivity index (χ4v) is 2.12. The van der Waals surface area contributed by atoms with Crippen molar-refractivity contribution in [2.45, 2.75) is 31.6 Å². The zero-order valence-corrected chi connectivity index (χ0v) is 6.50. The normalized spacial score (nSPS) is 33.3. The van der Waals surface area contributed by atoms with E-state index in [1.807, 2.05) is 0 Å². The Morgan fingerprint density at radius 1 is 1.00 bits per heavy atom. The van der Waals surface area contributed by atoms with E-state index < -0.39 is 11.3 Å². The van der Waals surface area contributed by atoms with Gasteiger partial charge in [-0.1, -0.05) is 6.42 Å². The Balaban J connectivity index is 2.15. The van der Waals surface area contributed by atoms with Crippen molar-refractivity contribution in [2.24, 2.45) is 5.41 Å². The average Bonchev–Trinajstić information content (AvgIpc) is 1.83. The second-order valence-corrected chi connectivity index (χ2v) is 3.80. The minimum absolute atomic E-state index is 0.106. The zero-order valence-electron chi connectivity index (χ0n) is 6.50. The van der Waals surface area contributed by atoms with Crippen LogP contribution in [0.4, 0.5) is 8.78 Å². The van der Waals surface area contributed by atoms with Crippen molar-refractivity contribution in [3.63, 3.8) is 0 Å². The molecule has 1 nitrogen and oxygen atoms in total. The molecule has 11 heavy (non-hydrogen) atoms. The first-order valence-electron chi connectivity index (χ1n) is 4.25. The van der Waals surface area contributed by atoms with E-state index in [-0.39, 0.29) is 6.42 Å². The molecule has 0 atom stereocenters. The third-order valence-electron chi connectivity index (χ3n) is 3.10. The van der Waals surface area contributed by atoms with Crippen molar-refractivity contribution < 1.29 is 8.78 Å². The molecule has 2 rings (SSSR count). The summed E-state index contributed by atoms with van der Waals surface area (Å²) in [5.41, 5.74) is -0.648. The van der Waals surface area contributed by atoms with Gasteiger partial charge in [0.2, 0.25) is 0 Å². The average molecular weight is 161 g/mol. The third kappa shape index (κ3) is 0.901. The highest BCUT2D eigenvalue weighted by Gasteiger charge is 2.57. The highest BCUT2D eigenvalue weighted by Crippen LogP contribution is 2.50. The lowest BCUT2D eigenvalue weighted by Crippen LogP contribution is -2.64. The molecule has 1 aliphatic carbocycles. The van der Waals surface area contributed by atoms with Gasteiger partial charge in [-0.15, -0.1) is 0 Å². The predicted molar refractivity (Wildman–Crippen MR) is 38.7 cm³/mol. The summed E-state index contributed by atoms with van der Waals surface area (Å²) in [5.74, 6) is -2.39. The maximum Gasteiger partial charge on any atom is 0.256 e. The van der Waals surface area contributed by atoms with Gasteiger partial charge < -0.3 is 5.32 Å². The van der Waals surface area contributed by atoms with Gasteiger partial charge >= 0.3 is 0 Å². The van der Waals surface area contributed by atoms with Crippen molar-refractivity contribution in [1.82, 2.24) is 5.32 Å². The number of halogens is 2. The molecule has 1 heterocycles. The number of hydrogen-bond acceptors (Lipinski definition) is 1. The lowest BCUT2D eigenvalue weighted by atomic mass is 9.67. The Kier molecular flexibility index (Phi) is 1.46. The lowest BCUT2D eigenvalue weighted by Gasteiger charge is -2.50. The first-order chi connectivity index (χ1) is 5.16. The van der Waals surface area contributed by atoms with Gasteiger partial charge in [0.1, 0.15) is 0 Å². The number of rotatable bonds is 0. The van der Waals surface area contributed by atoms with Crippen LogP contribution in [-0.4, -0.2) is 19.0 Å². The molecule has 1 saturated heterocycles. The van der Waals surface area contributed by atoms with Crippen LogP contribution < -0.4 is 5.32 Å². The van der Waals surface area contributed by atoms with Gasteiger partial charge in [0.15, 0.2) is 0 Å². The van der Waals surface area contributed by atoms with Crippen molar-refractivity contribution in [3.05, 3.63) is 0 Å². The van der Waals surface area contributed by atoms with E-state index in [2.05, 4.69) is 5.32 Å². The van der Waals surface area contributed by atoms with Gasteiger partial charge in [0.05, 0.1) is 5.41 Å². The van der Waals surface area contributed by atoms with Crippen molar-refractivity contribution in [2.75, 3.05) is 13.1 Å². The first-order valence-corrected chi connectivity index (χ1v) is 4.25. The molecule has 0 aromatic carbocycles. The second-order valence-electron chi connectivity index (χ2n) is 3.80. The van der Waals surface area contributed by atoms with Crippen LogP contribution in [0.3, 0.4) is 0 Å². The van der Waals surface area contributed by atoms with Crippen LogP contribution in [0.25, 0.3) is 0 Å². The van der Waals surface area contributed by atoms with E-state index in [0.717, 1.165) is 6.42 Å². The molecule has 2 fully saturated rings. The van der Waals surface area contributed by atoms with Gasteiger partial charge in [-0.05, 0) is 12.8 Å². The summed E-state index contributed by atoms with van der Waals surface area (Å²) in [6.45, 7) is 1.06. The van der Waals surface area contributed by atoms with E-state index in [9.17, 15) is 8.78 Å². The summed E-state index contributed by atoms with van der Waals surface area (Å²) < 4.78 is 26.5. The Bertz CT molecular complexity index is 163. The summed E-state index contributed by atoms with van der Waals surface area (Å²) in [6, 6.07) is 0. The van der Waals surface area contributed by atoms with Crippen LogP contribution in [0.1, 0.15) is 25.7 Å². The Hall–Kier alpha value is -0.180. The summed E-state index contributed by atoms with van der Waals surface area (Å²) in [6.07, 6.45) is 2.51. The quantitative estimate of drug-likeness (QED) is 0.571. The molecule has 2 aliphatic rings. The summed E-state index contributed by atoms with van der Waals surface area (Å²) in [4.78, 5) is 0. The molecule has 1 saturated carbocycles. The van der Waals surface area contributed by atoms with Gasteiger partial charge in [0.25, 0.3) is 5.92 Å². The standard InChI is InChI=1S/C8H13F2N/c9-8(10)4-2-1-3-7(8)5-11-6-7/h11H,1-6H2. The predicted octanol–water partition coefficient (Wildman–Crippen LogP) is 1.79. The molecule has 0 radical (unpaired) electrons. The molecule has 1 spiro atoms. The van der Waals surface area contributed by atoms with Crippen LogP contribution in [0.15, 0.2) is 0 Å². The lowest BCUT2D eigenvalue weighted by molar-refractivity contribution is -0.171. The van der Waals surface area contributed by atoms with Gasteiger partial charge in [-0.25, -0.2) is 8.78 Å². The summed E-state index contributed by atoms with van der Waals surface area (Å²) in [5, 5.41) is 2.95. The van der Waals surface area contributed by atoms with Crippen LogP contribution in [0.5, 0.6) is 0 Å². The molecule has 1 N–H and O–H groups in total. The fourth-order valence-electron chi connectivity index (χ4n) is 2.12. The topological polar surface area (TPSA) is 12.0 Å². The molecule has 0 bridgehead atoms. The first kappa shape index (κ1) is 7.47. The highest BCUT2D eigenvalue weighted by molar-refractivity contribution is 5.04. The number of hydrogen-bond donors (Lipinski definition) is 1. The SMILES string of the molecule is FC1(F)CCCCC12CNC2. The van der Waals surface area contributed by atoms with Crippen LogP contribution in [0, 0.1) is 5.41 Å². The number of alkyl halides is 2. The minimum atomic E-state index is -2.39. The maximum atomic E-state index is 13.3. The Morgan fingerprint density at radius 3 is 2.00 bits per heavy atom. The molecule has 0 aromatic heterocycles. The maximum absolute atomic E-state index is 13.3. The Morgan fingerprint density at radius 2 is 1.64 bits per heavy atom.